The number of furan rings is 1. The number of aromatic amines is 1. The van der Waals surface area contributed by atoms with Crippen LogP contribution in [-0.4, -0.2) is 41.4 Å². The normalized spacial score (nSPS) is 18.7. The molecule has 1 aliphatic heterocycles. The van der Waals surface area contributed by atoms with Crippen LogP contribution in [-0.2, 0) is 11.3 Å². The summed E-state index contributed by atoms with van der Waals surface area (Å²) in [5.41, 5.74) is 0.919. The lowest BCUT2D eigenvalue weighted by molar-refractivity contribution is 0.0993. The van der Waals surface area contributed by atoms with Crippen molar-refractivity contribution in [2.75, 3.05) is 20.2 Å². The van der Waals surface area contributed by atoms with Crippen LogP contribution in [0.25, 0.3) is 11.5 Å². The predicted molar refractivity (Wildman–Crippen MR) is 80.8 cm³/mol. The monoisotopic (exact) mass is 289 g/mol. The molecule has 0 saturated carbocycles. The zero-order valence-electron chi connectivity index (χ0n) is 12.5. The zero-order chi connectivity index (χ0) is 14.5. The molecular weight excluding hydrogens is 266 g/mol. The molecule has 0 aliphatic carbocycles. The van der Waals surface area contributed by atoms with Gasteiger partial charge in [0.2, 0.25) is 0 Å². The van der Waals surface area contributed by atoms with Crippen LogP contribution in [0, 0.1) is 0 Å². The minimum atomic E-state index is 0.494. The summed E-state index contributed by atoms with van der Waals surface area (Å²) >= 11 is 0. The molecule has 3 heterocycles. The molecule has 0 bridgehead atoms. The lowest BCUT2D eigenvalue weighted by Crippen LogP contribution is -2.20. The minimum absolute atomic E-state index is 0.494. The van der Waals surface area contributed by atoms with Crippen molar-refractivity contribution < 1.29 is 9.15 Å². The van der Waals surface area contributed by atoms with E-state index in [0.29, 0.717) is 6.10 Å². The van der Waals surface area contributed by atoms with Crippen LogP contribution in [0.5, 0.6) is 0 Å². The maximum absolute atomic E-state index is 5.84. The summed E-state index contributed by atoms with van der Waals surface area (Å²) in [5.74, 6) is 1.83. The van der Waals surface area contributed by atoms with E-state index in [4.69, 9.17) is 9.15 Å². The molecule has 0 radical (unpaired) electrons. The maximum Gasteiger partial charge on any atom is 0.152 e. The fourth-order valence-electron chi connectivity index (χ4n) is 2.81. The molecule has 0 unspecified atom stereocenters. The second-order valence-electron chi connectivity index (χ2n) is 5.75. The topological polar surface area (TPSA) is 54.3 Å². The molecule has 114 valence electrons. The van der Waals surface area contributed by atoms with Gasteiger partial charge < -0.3 is 9.15 Å². The lowest BCUT2D eigenvalue weighted by Gasteiger charge is -2.16. The van der Waals surface area contributed by atoms with E-state index in [2.05, 4.69) is 22.1 Å². The quantitative estimate of drug-likeness (QED) is 0.851. The Hall–Kier alpha value is -1.59. The van der Waals surface area contributed by atoms with E-state index in [0.717, 1.165) is 36.9 Å². The highest BCUT2D eigenvalue weighted by atomic mass is 16.5. The van der Waals surface area contributed by atoms with Gasteiger partial charge in [0.25, 0.3) is 0 Å². The summed E-state index contributed by atoms with van der Waals surface area (Å²) in [6.45, 7) is 2.85. The van der Waals surface area contributed by atoms with Gasteiger partial charge in [-0.15, -0.1) is 0 Å². The van der Waals surface area contributed by atoms with Gasteiger partial charge in [-0.05, 0) is 57.5 Å². The molecule has 0 amide bonds. The van der Waals surface area contributed by atoms with Crippen molar-refractivity contribution in [3.05, 3.63) is 30.2 Å². The number of H-pyrrole nitrogens is 1. The molecule has 1 saturated heterocycles. The average Bonchev–Trinajstić information content (AvgIpc) is 3.21. The highest BCUT2D eigenvalue weighted by molar-refractivity contribution is 5.51. The van der Waals surface area contributed by atoms with Crippen LogP contribution in [0.2, 0.25) is 0 Å². The van der Waals surface area contributed by atoms with Crippen LogP contribution >= 0.6 is 0 Å². The molecule has 5 nitrogen and oxygen atoms in total. The van der Waals surface area contributed by atoms with E-state index in [1.54, 1.807) is 6.20 Å². The third kappa shape index (κ3) is 3.95. The number of aromatic nitrogens is 2. The van der Waals surface area contributed by atoms with Crippen LogP contribution in [0.15, 0.2) is 28.8 Å². The Bertz CT molecular complexity index is 529. The van der Waals surface area contributed by atoms with Crippen molar-refractivity contribution in [2.45, 2.75) is 38.3 Å². The van der Waals surface area contributed by atoms with Crippen LogP contribution in [0.1, 0.15) is 31.4 Å². The largest absolute Gasteiger partial charge is 0.458 e. The van der Waals surface area contributed by atoms with Crippen molar-refractivity contribution >= 4 is 0 Å². The SMILES string of the molecule is CN(CCC[C@H]1CCCO1)Cc1ccc(-c2ccn[nH]2)o1. The number of ether oxygens (including phenoxy) is 1. The summed E-state index contributed by atoms with van der Waals surface area (Å²) in [7, 11) is 2.13. The van der Waals surface area contributed by atoms with Gasteiger partial charge in [0.1, 0.15) is 11.5 Å². The van der Waals surface area contributed by atoms with Gasteiger partial charge in [0.15, 0.2) is 5.76 Å². The van der Waals surface area contributed by atoms with E-state index in [1.165, 1.54) is 25.7 Å². The molecule has 2 aromatic rings. The Kier molecular flexibility index (Phi) is 4.72. The molecular formula is C16H23N3O2. The Morgan fingerprint density at radius 3 is 3.10 bits per heavy atom. The summed E-state index contributed by atoms with van der Waals surface area (Å²) in [6.07, 6.45) is 7.03. The number of hydrogen-bond acceptors (Lipinski definition) is 4. The molecule has 2 aromatic heterocycles. The highest BCUT2D eigenvalue weighted by Gasteiger charge is 2.15. The Balaban J connectivity index is 1.43. The van der Waals surface area contributed by atoms with Crippen molar-refractivity contribution in [1.82, 2.24) is 15.1 Å². The number of hydrogen-bond donors (Lipinski definition) is 1. The molecule has 1 atom stereocenters. The molecule has 0 aromatic carbocycles. The van der Waals surface area contributed by atoms with Gasteiger partial charge in [-0.3, -0.25) is 10.00 Å². The Morgan fingerprint density at radius 2 is 2.33 bits per heavy atom. The Labute approximate surface area is 125 Å². The van der Waals surface area contributed by atoms with Crippen LogP contribution in [0.3, 0.4) is 0 Å². The third-order valence-corrected chi connectivity index (χ3v) is 3.94. The predicted octanol–water partition coefficient (Wildman–Crippen LogP) is 3.06. The van der Waals surface area contributed by atoms with E-state index in [9.17, 15) is 0 Å². The first-order valence-corrected chi connectivity index (χ1v) is 7.70. The summed E-state index contributed by atoms with van der Waals surface area (Å²) < 4.78 is 11.5. The van der Waals surface area contributed by atoms with Crippen molar-refractivity contribution in [3.8, 4) is 11.5 Å². The minimum Gasteiger partial charge on any atom is -0.458 e. The van der Waals surface area contributed by atoms with Crippen molar-refractivity contribution in [3.63, 3.8) is 0 Å². The van der Waals surface area contributed by atoms with Crippen LogP contribution in [0.4, 0.5) is 0 Å². The maximum atomic E-state index is 5.84. The fourth-order valence-corrected chi connectivity index (χ4v) is 2.81. The standard InChI is InChI=1S/C16H23N3O2/c1-19(10-2-4-13-5-3-11-20-13)12-14-6-7-16(21-14)15-8-9-17-18-15/h6-9,13H,2-5,10-12H2,1H3,(H,17,18)/t13-/m0/s1. The summed E-state index contributed by atoms with van der Waals surface area (Å²) in [4.78, 5) is 2.30. The van der Waals surface area contributed by atoms with Gasteiger partial charge >= 0.3 is 0 Å². The molecule has 21 heavy (non-hydrogen) atoms. The van der Waals surface area contributed by atoms with Crippen molar-refractivity contribution in [1.29, 1.82) is 0 Å². The molecule has 1 fully saturated rings. The lowest BCUT2D eigenvalue weighted by atomic mass is 10.1. The van der Waals surface area contributed by atoms with Crippen molar-refractivity contribution in [2.24, 2.45) is 0 Å². The number of nitrogens with zero attached hydrogens (tertiary/aromatic N) is 2. The average molecular weight is 289 g/mol. The molecule has 5 heteroatoms. The van der Waals surface area contributed by atoms with E-state index in [-0.39, 0.29) is 0 Å². The Morgan fingerprint density at radius 1 is 1.38 bits per heavy atom. The third-order valence-electron chi connectivity index (χ3n) is 3.94. The first kappa shape index (κ1) is 14.4. The van der Waals surface area contributed by atoms with Gasteiger partial charge in [0.05, 0.1) is 12.6 Å². The first-order valence-electron chi connectivity index (χ1n) is 7.70. The molecule has 3 rings (SSSR count). The number of rotatable bonds is 7. The van der Waals surface area contributed by atoms with E-state index in [1.807, 2.05) is 18.2 Å². The van der Waals surface area contributed by atoms with Crippen LogP contribution < -0.4 is 0 Å². The number of nitrogens with one attached hydrogen (secondary N) is 1. The smallest absolute Gasteiger partial charge is 0.152 e. The van der Waals surface area contributed by atoms with E-state index < -0.39 is 0 Å². The van der Waals surface area contributed by atoms with Gasteiger partial charge in [0, 0.05) is 12.8 Å². The van der Waals surface area contributed by atoms with Gasteiger partial charge in [-0.1, -0.05) is 0 Å². The second kappa shape index (κ2) is 6.91. The molecule has 1 N–H and O–H groups in total. The van der Waals surface area contributed by atoms with Gasteiger partial charge in [-0.2, -0.15) is 5.10 Å². The second-order valence-corrected chi connectivity index (χ2v) is 5.75. The molecule has 1 aliphatic rings. The first-order chi connectivity index (χ1) is 10.3. The summed E-state index contributed by atoms with van der Waals surface area (Å²) in [5, 5.41) is 6.85. The zero-order valence-corrected chi connectivity index (χ0v) is 12.5. The van der Waals surface area contributed by atoms with E-state index >= 15 is 0 Å². The fraction of sp³-hybridized carbons (Fsp3) is 0.562. The molecule has 0 spiro atoms. The summed E-state index contributed by atoms with van der Waals surface area (Å²) in [6, 6.07) is 5.93. The van der Waals surface area contributed by atoms with Gasteiger partial charge in [-0.25, -0.2) is 0 Å². The highest BCUT2D eigenvalue weighted by Crippen LogP contribution is 2.21.